The van der Waals surface area contributed by atoms with Crippen molar-refractivity contribution in [1.82, 2.24) is 0 Å². The smallest absolute Gasteiger partial charge is 0.126 e. The average molecular weight is 286 g/mol. The molecule has 0 radical (unpaired) electrons. The second-order valence-electron chi connectivity index (χ2n) is 7.91. The first-order chi connectivity index (χ1) is 9.69. The van der Waals surface area contributed by atoms with Crippen LogP contribution in [0.25, 0.3) is 0 Å². The van der Waals surface area contributed by atoms with Gasteiger partial charge in [0, 0.05) is 11.8 Å². The Kier molecular flexibility index (Phi) is 3.93. The molecule has 1 aromatic rings. The van der Waals surface area contributed by atoms with Gasteiger partial charge in [0.2, 0.25) is 0 Å². The molecule has 0 saturated heterocycles. The third kappa shape index (κ3) is 3.69. The minimum Gasteiger partial charge on any atom is -0.497 e. The van der Waals surface area contributed by atoms with Gasteiger partial charge in [0.15, 0.2) is 0 Å². The van der Waals surface area contributed by atoms with Crippen LogP contribution in [0.1, 0.15) is 47.0 Å². The first kappa shape index (κ1) is 15.7. The lowest BCUT2D eigenvalue weighted by Gasteiger charge is -2.49. The van der Waals surface area contributed by atoms with Crippen LogP contribution in [0.2, 0.25) is 0 Å². The van der Waals surface area contributed by atoms with Crippen molar-refractivity contribution >= 4 is 5.69 Å². The van der Waals surface area contributed by atoms with Crippen molar-refractivity contribution in [3.8, 4) is 11.8 Å². The summed E-state index contributed by atoms with van der Waals surface area (Å²) < 4.78 is 5.27. The lowest BCUT2D eigenvalue weighted by molar-refractivity contribution is 0.0811. The zero-order chi connectivity index (χ0) is 15.7. The fraction of sp³-hybridized carbons (Fsp3) is 0.611. The Morgan fingerprint density at radius 1 is 1.10 bits per heavy atom. The fourth-order valence-electron chi connectivity index (χ4n) is 4.29. The highest BCUT2D eigenvalue weighted by Gasteiger charge is 2.47. The van der Waals surface area contributed by atoms with E-state index in [0.717, 1.165) is 30.7 Å². The molecular formula is C18H26N2O. The number of rotatable bonds is 3. The van der Waals surface area contributed by atoms with E-state index in [-0.39, 0.29) is 10.8 Å². The highest BCUT2D eigenvalue weighted by atomic mass is 16.5. The first-order valence-electron chi connectivity index (χ1n) is 7.53. The average Bonchev–Trinajstić information content (AvgIpc) is 2.35. The molecule has 3 heteroatoms. The van der Waals surface area contributed by atoms with Gasteiger partial charge in [-0.05, 0) is 42.2 Å². The molecule has 3 nitrogen and oxygen atoms in total. The Morgan fingerprint density at radius 2 is 1.71 bits per heavy atom. The predicted octanol–water partition coefficient (Wildman–Crippen LogP) is 4.61. The van der Waals surface area contributed by atoms with Gasteiger partial charge < -0.3 is 10.1 Å². The molecule has 0 amide bonds. The number of benzene rings is 1. The summed E-state index contributed by atoms with van der Waals surface area (Å²) in [6.07, 6.45) is 2.86. The molecule has 0 heterocycles. The predicted molar refractivity (Wildman–Crippen MR) is 86.4 cm³/mol. The molecule has 0 aliphatic heterocycles. The molecule has 0 unspecified atom stereocenters. The van der Waals surface area contributed by atoms with Gasteiger partial charge in [0.1, 0.15) is 11.3 Å². The summed E-state index contributed by atoms with van der Waals surface area (Å²) >= 11 is 0. The molecule has 1 aromatic carbocycles. The second-order valence-corrected chi connectivity index (χ2v) is 7.91. The van der Waals surface area contributed by atoms with Gasteiger partial charge in [0.25, 0.3) is 0 Å². The standard InChI is InChI=1S/C18H26N2O/c1-16(2)10-17(3,4)12-18(11-16,13-19)20-14-7-6-8-15(9-14)21-5/h6-9,20H,10-12H2,1-5H3. The Labute approximate surface area is 128 Å². The van der Waals surface area contributed by atoms with Crippen molar-refractivity contribution in [3.05, 3.63) is 24.3 Å². The van der Waals surface area contributed by atoms with Crippen LogP contribution in [0, 0.1) is 22.2 Å². The minimum absolute atomic E-state index is 0.156. The number of hydrogen-bond acceptors (Lipinski definition) is 3. The van der Waals surface area contributed by atoms with Crippen LogP contribution in [0.5, 0.6) is 5.75 Å². The van der Waals surface area contributed by atoms with E-state index < -0.39 is 5.54 Å². The van der Waals surface area contributed by atoms with Crippen molar-refractivity contribution in [3.63, 3.8) is 0 Å². The van der Waals surface area contributed by atoms with Crippen LogP contribution in [-0.4, -0.2) is 12.6 Å². The number of anilines is 1. The molecule has 0 atom stereocenters. The van der Waals surface area contributed by atoms with E-state index in [1.54, 1.807) is 7.11 Å². The summed E-state index contributed by atoms with van der Waals surface area (Å²) in [5.74, 6) is 0.808. The summed E-state index contributed by atoms with van der Waals surface area (Å²) in [4.78, 5) is 0. The Morgan fingerprint density at radius 3 is 2.24 bits per heavy atom. The Bertz CT molecular complexity index is 539. The van der Waals surface area contributed by atoms with Crippen molar-refractivity contribution in [2.75, 3.05) is 12.4 Å². The highest BCUT2D eigenvalue weighted by molar-refractivity contribution is 5.52. The van der Waals surface area contributed by atoms with Crippen LogP contribution < -0.4 is 10.1 Å². The largest absolute Gasteiger partial charge is 0.497 e. The van der Waals surface area contributed by atoms with Crippen LogP contribution in [0.4, 0.5) is 5.69 Å². The van der Waals surface area contributed by atoms with Gasteiger partial charge in [-0.15, -0.1) is 0 Å². The summed E-state index contributed by atoms with van der Waals surface area (Å²) in [7, 11) is 1.66. The highest BCUT2D eigenvalue weighted by Crippen LogP contribution is 2.50. The third-order valence-corrected chi connectivity index (χ3v) is 4.19. The molecule has 0 bridgehead atoms. The van der Waals surface area contributed by atoms with E-state index in [1.807, 2.05) is 24.3 Å². The van der Waals surface area contributed by atoms with Crippen molar-refractivity contribution in [1.29, 1.82) is 5.26 Å². The number of nitriles is 1. The molecule has 1 aliphatic rings. The van der Waals surface area contributed by atoms with Crippen molar-refractivity contribution < 1.29 is 4.74 Å². The van der Waals surface area contributed by atoms with E-state index in [0.29, 0.717) is 0 Å². The molecule has 1 N–H and O–H groups in total. The lowest BCUT2D eigenvalue weighted by Crippen LogP contribution is -2.50. The van der Waals surface area contributed by atoms with Crippen molar-refractivity contribution in [2.24, 2.45) is 10.8 Å². The lowest BCUT2D eigenvalue weighted by atomic mass is 9.58. The van der Waals surface area contributed by atoms with Crippen LogP contribution in [-0.2, 0) is 0 Å². The molecular weight excluding hydrogens is 260 g/mol. The maximum absolute atomic E-state index is 9.85. The first-order valence-corrected chi connectivity index (χ1v) is 7.53. The van der Waals surface area contributed by atoms with Crippen LogP contribution in [0.3, 0.4) is 0 Å². The molecule has 1 fully saturated rings. The van der Waals surface area contributed by atoms with E-state index in [4.69, 9.17) is 4.74 Å². The number of hydrogen-bond donors (Lipinski definition) is 1. The maximum atomic E-state index is 9.85. The molecule has 1 saturated carbocycles. The van der Waals surface area contributed by atoms with Gasteiger partial charge in [-0.3, -0.25) is 0 Å². The normalized spacial score (nSPS) is 22.1. The summed E-state index contributed by atoms with van der Waals surface area (Å²) in [5, 5.41) is 13.3. The van der Waals surface area contributed by atoms with Gasteiger partial charge in [-0.1, -0.05) is 33.8 Å². The molecule has 0 aromatic heterocycles. The van der Waals surface area contributed by atoms with E-state index >= 15 is 0 Å². The summed E-state index contributed by atoms with van der Waals surface area (Å²) in [6.45, 7) is 9.03. The molecule has 2 rings (SSSR count). The zero-order valence-electron chi connectivity index (χ0n) is 13.8. The number of ether oxygens (including phenoxy) is 1. The SMILES string of the molecule is COc1cccc(NC2(C#N)CC(C)(C)CC(C)(C)C2)c1. The minimum atomic E-state index is -0.516. The van der Waals surface area contributed by atoms with E-state index in [9.17, 15) is 5.26 Å². The number of nitrogens with zero attached hydrogens (tertiary/aromatic N) is 1. The van der Waals surface area contributed by atoms with Gasteiger partial charge in [-0.25, -0.2) is 0 Å². The van der Waals surface area contributed by atoms with E-state index in [1.165, 1.54) is 0 Å². The second kappa shape index (κ2) is 5.26. The van der Waals surface area contributed by atoms with Crippen LogP contribution >= 0.6 is 0 Å². The van der Waals surface area contributed by atoms with Crippen molar-refractivity contribution in [2.45, 2.75) is 52.5 Å². The van der Waals surface area contributed by atoms with Gasteiger partial charge in [-0.2, -0.15) is 5.26 Å². The number of methoxy groups -OCH3 is 1. The summed E-state index contributed by atoms with van der Waals surface area (Å²) in [6, 6.07) is 10.4. The molecule has 114 valence electrons. The van der Waals surface area contributed by atoms with E-state index in [2.05, 4.69) is 39.1 Å². The topological polar surface area (TPSA) is 45.0 Å². The fourth-order valence-corrected chi connectivity index (χ4v) is 4.29. The van der Waals surface area contributed by atoms with Crippen LogP contribution in [0.15, 0.2) is 24.3 Å². The maximum Gasteiger partial charge on any atom is 0.126 e. The molecule has 1 aliphatic carbocycles. The third-order valence-electron chi connectivity index (χ3n) is 4.19. The molecule has 0 spiro atoms. The zero-order valence-corrected chi connectivity index (χ0v) is 13.8. The number of nitrogens with one attached hydrogen (secondary N) is 1. The monoisotopic (exact) mass is 286 g/mol. The summed E-state index contributed by atoms with van der Waals surface area (Å²) in [5.41, 5.74) is 0.744. The Hall–Kier alpha value is -1.69. The molecule has 21 heavy (non-hydrogen) atoms. The Balaban J connectivity index is 2.31. The van der Waals surface area contributed by atoms with Gasteiger partial charge in [0.05, 0.1) is 13.2 Å². The quantitative estimate of drug-likeness (QED) is 0.882. The van der Waals surface area contributed by atoms with Gasteiger partial charge >= 0.3 is 0 Å².